The Morgan fingerprint density at radius 2 is 1.79 bits per heavy atom. The van der Waals surface area contributed by atoms with Gasteiger partial charge in [0.05, 0.1) is 6.10 Å². The summed E-state index contributed by atoms with van der Waals surface area (Å²) in [4.78, 5) is 28.4. The van der Waals surface area contributed by atoms with E-state index in [-0.39, 0.29) is 11.8 Å². The summed E-state index contributed by atoms with van der Waals surface area (Å²) >= 11 is 0. The van der Waals surface area contributed by atoms with Crippen LogP contribution in [0, 0.1) is 0 Å². The van der Waals surface area contributed by atoms with Gasteiger partial charge in [0, 0.05) is 50.4 Å². The zero-order valence-electron chi connectivity index (χ0n) is 15.8. The largest absolute Gasteiger partial charge is 0.387 e. The monoisotopic (exact) mass is 379 g/mol. The number of aryl methyl sites for hydroxylation is 1. The predicted molar refractivity (Wildman–Crippen MR) is 107 cm³/mol. The molecule has 2 aliphatic rings. The first-order valence-electron chi connectivity index (χ1n) is 9.77. The summed E-state index contributed by atoms with van der Waals surface area (Å²) < 4.78 is 0. The lowest BCUT2D eigenvalue weighted by Gasteiger charge is -2.35. The number of carbonyl (C=O) groups excluding carboxylic acids is 2. The lowest BCUT2D eigenvalue weighted by molar-refractivity contribution is -0.116. The summed E-state index contributed by atoms with van der Waals surface area (Å²) in [5.41, 5.74) is 3.43. The van der Waals surface area contributed by atoms with Gasteiger partial charge in [0.2, 0.25) is 5.91 Å². The van der Waals surface area contributed by atoms with Crippen LogP contribution >= 0.6 is 0 Å². The summed E-state index contributed by atoms with van der Waals surface area (Å²) in [6.07, 6.45) is 0.625. The number of anilines is 1. The van der Waals surface area contributed by atoms with E-state index in [1.165, 1.54) is 0 Å². The summed E-state index contributed by atoms with van der Waals surface area (Å²) in [6, 6.07) is 15.2. The number of carbonyl (C=O) groups is 2. The molecule has 4 rings (SSSR count). The fourth-order valence-corrected chi connectivity index (χ4v) is 3.86. The van der Waals surface area contributed by atoms with E-state index >= 15 is 0 Å². The van der Waals surface area contributed by atoms with Crippen molar-refractivity contribution in [3.05, 3.63) is 65.2 Å². The smallest absolute Gasteiger partial charge is 0.253 e. The first-order chi connectivity index (χ1) is 13.6. The number of piperazine rings is 1. The highest BCUT2D eigenvalue weighted by molar-refractivity contribution is 5.98. The highest BCUT2D eigenvalue weighted by Gasteiger charge is 2.25. The average molecular weight is 379 g/mol. The molecule has 2 aliphatic heterocycles. The molecule has 6 nitrogen and oxygen atoms in total. The molecule has 28 heavy (non-hydrogen) atoms. The van der Waals surface area contributed by atoms with Crippen LogP contribution in [0.15, 0.2) is 48.5 Å². The molecule has 2 amide bonds. The number of benzene rings is 2. The molecule has 1 saturated heterocycles. The molecule has 0 bridgehead atoms. The molecule has 6 heteroatoms. The van der Waals surface area contributed by atoms with Gasteiger partial charge in [-0.1, -0.05) is 30.3 Å². The van der Waals surface area contributed by atoms with Gasteiger partial charge in [-0.3, -0.25) is 14.5 Å². The van der Waals surface area contributed by atoms with E-state index in [1.807, 2.05) is 47.4 Å². The molecule has 2 heterocycles. The SMILES string of the molecule is O=C1CCc2cc(C(=O)N3CCN(CC(O)c4ccccc4)CC3)ccc2N1. The van der Waals surface area contributed by atoms with Gasteiger partial charge in [0.1, 0.15) is 0 Å². The van der Waals surface area contributed by atoms with Crippen LogP contribution in [0.5, 0.6) is 0 Å². The molecule has 0 aliphatic carbocycles. The van der Waals surface area contributed by atoms with Crippen molar-refractivity contribution in [2.75, 3.05) is 38.0 Å². The second-order valence-electron chi connectivity index (χ2n) is 7.44. The van der Waals surface area contributed by atoms with Crippen molar-refractivity contribution in [2.24, 2.45) is 0 Å². The molecule has 146 valence electrons. The number of hydrogen-bond acceptors (Lipinski definition) is 4. The normalized spacial score (nSPS) is 18.3. The number of nitrogens with one attached hydrogen (secondary N) is 1. The van der Waals surface area contributed by atoms with Crippen LogP contribution in [0.1, 0.15) is 34.0 Å². The first kappa shape index (κ1) is 18.7. The highest BCUT2D eigenvalue weighted by atomic mass is 16.3. The Labute approximate surface area is 164 Å². The van der Waals surface area contributed by atoms with Gasteiger partial charge < -0.3 is 15.3 Å². The molecule has 1 atom stereocenters. The lowest BCUT2D eigenvalue weighted by atomic mass is 10.00. The van der Waals surface area contributed by atoms with Gasteiger partial charge in [-0.25, -0.2) is 0 Å². The van der Waals surface area contributed by atoms with Crippen LogP contribution in [-0.2, 0) is 11.2 Å². The zero-order chi connectivity index (χ0) is 19.5. The van der Waals surface area contributed by atoms with E-state index < -0.39 is 6.10 Å². The number of nitrogens with zero attached hydrogens (tertiary/aromatic N) is 2. The topological polar surface area (TPSA) is 72.9 Å². The molecular weight excluding hydrogens is 354 g/mol. The van der Waals surface area contributed by atoms with Gasteiger partial charge >= 0.3 is 0 Å². The van der Waals surface area contributed by atoms with E-state index in [0.29, 0.717) is 38.0 Å². The second kappa shape index (κ2) is 8.12. The van der Waals surface area contributed by atoms with Crippen molar-refractivity contribution in [2.45, 2.75) is 18.9 Å². The number of hydrogen-bond donors (Lipinski definition) is 2. The predicted octanol–water partition coefficient (Wildman–Crippen LogP) is 2.06. The molecular formula is C22H25N3O3. The van der Waals surface area contributed by atoms with Crippen LogP contribution in [0.3, 0.4) is 0 Å². The van der Waals surface area contributed by atoms with E-state index in [1.54, 1.807) is 6.07 Å². The number of aliphatic hydroxyl groups is 1. The quantitative estimate of drug-likeness (QED) is 0.853. The van der Waals surface area contributed by atoms with E-state index in [9.17, 15) is 14.7 Å². The molecule has 1 fully saturated rings. The number of β-amino-alcohol motifs (C(OH)–C–C–N with tert-alkyl or cyclic N) is 1. The third-order valence-corrected chi connectivity index (χ3v) is 5.52. The van der Waals surface area contributed by atoms with Gasteiger partial charge in [-0.15, -0.1) is 0 Å². The summed E-state index contributed by atoms with van der Waals surface area (Å²) in [6.45, 7) is 3.36. The maximum absolute atomic E-state index is 12.9. The Morgan fingerprint density at radius 1 is 1.04 bits per heavy atom. The summed E-state index contributed by atoms with van der Waals surface area (Å²) in [5.74, 6) is 0.0587. The fourth-order valence-electron chi connectivity index (χ4n) is 3.86. The van der Waals surface area contributed by atoms with Crippen LogP contribution in [-0.4, -0.2) is 59.4 Å². The summed E-state index contributed by atoms with van der Waals surface area (Å²) in [7, 11) is 0. The molecule has 1 unspecified atom stereocenters. The molecule has 2 aromatic carbocycles. The van der Waals surface area contributed by atoms with Gasteiger partial charge in [0.25, 0.3) is 5.91 Å². The third kappa shape index (κ3) is 4.08. The van der Waals surface area contributed by atoms with Crippen molar-refractivity contribution in [3.8, 4) is 0 Å². The fraction of sp³-hybridized carbons (Fsp3) is 0.364. The lowest BCUT2D eigenvalue weighted by Crippen LogP contribution is -2.49. The van der Waals surface area contributed by atoms with Gasteiger partial charge in [-0.2, -0.15) is 0 Å². The van der Waals surface area contributed by atoms with Crippen molar-refractivity contribution < 1.29 is 14.7 Å². The average Bonchev–Trinajstić information content (AvgIpc) is 2.74. The number of amides is 2. The minimum Gasteiger partial charge on any atom is -0.387 e. The third-order valence-electron chi connectivity index (χ3n) is 5.52. The highest BCUT2D eigenvalue weighted by Crippen LogP contribution is 2.24. The Morgan fingerprint density at radius 3 is 2.54 bits per heavy atom. The number of rotatable bonds is 4. The maximum Gasteiger partial charge on any atom is 0.253 e. The standard InChI is InChI=1S/C22H25N3O3/c26-20(16-4-2-1-3-5-16)15-24-10-12-25(13-11-24)22(28)18-6-8-19-17(14-18)7-9-21(27)23-19/h1-6,8,14,20,26H,7,9-13,15H2,(H,23,27). The van der Waals surface area contributed by atoms with E-state index in [2.05, 4.69) is 10.2 Å². The molecule has 0 saturated carbocycles. The molecule has 0 radical (unpaired) electrons. The van der Waals surface area contributed by atoms with E-state index in [0.717, 1.165) is 29.9 Å². The maximum atomic E-state index is 12.9. The van der Waals surface area contributed by atoms with Crippen LogP contribution in [0.4, 0.5) is 5.69 Å². The molecule has 0 aromatic heterocycles. The zero-order valence-corrected chi connectivity index (χ0v) is 15.8. The number of fused-ring (bicyclic) bond motifs is 1. The Bertz CT molecular complexity index is 861. The minimum absolute atomic E-state index is 0.0281. The van der Waals surface area contributed by atoms with Crippen LogP contribution < -0.4 is 5.32 Å². The van der Waals surface area contributed by atoms with Crippen molar-refractivity contribution >= 4 is 17.5 Å². The second-order valence-corrected chi connectivity index (χ2v) is 7.44. The molecule has 2 aromatic rings. The van der Waals surface area contributed by atoms with Crippen molar-refractivity contribution in [1.29, 1.82) is 0 Å². The Kier molecular flexibility index (Phi) is 5.41. The first-order valence-corrected chi connectivity index (χ1v) is 9.77. The van der Waals surface area contributed by atoms with Crippen LogP contribution in [0.25, 0.3) is 0 Å². The molecule has 2 N–H and O–H groups in total. The minimum atomic E-state index is -0.515. The van der Waals surface area contributed by atoms with Crippen molar-refractivity contribution in [3.63, 3.8) is 0 Å². The van der Waals surface area contributed by atoms with E-state index in [4.69, 9.17) is 0 Å². The van der Waals surface area contributed by atoms with Crippen molar-refractivity contribution in [1.82, 2.24) is 9.80 Å². The molecule has 0 spiro atoms. The Hall–Kier alpha value is -2.70. The van der Waals surface area contributed by atoms with Gasteiger partial charge in [-0.05, 0) is 35.7 Å². The van der Waals surface area contributed by atoms with Gasteiger partial charge in [0.15, 0.2) is 0 Å². The Balaban J connectivity index is 1.33. The van der Waals surface area contributed by atoms with Crippen LogP contribution in [0.2, 0.25) is 0 Å². The number of aliphatic hydroxyl groups excluding tert-OH is 1. The summed E-state index contributed by atoms with van der Waals surface area (Å²) in [5, 5.41) is 13.3.